The van der Waals surface area contributed by atoms with E-state index in [1.54, 1.807) is 0 Å². The molecular formula is C18H27N. The van der Waals surface area contributed by atoms with Crippen molar-refractivity contribution >= 4 is 0 Å². The summed E-state index contributed by atoms with van der Waals surface area (Å²) >= 11 is 0. The van der Waals surface area contributed by atoms with Crippen LogP contribution in [-0.4, -0.2) is 0 Å². The van der Waals surface area contributed by atoms with Crippen LogP contribution in [0.1, 0.15) is 75.8 Å². The average molecular weight is 257 g/mol. The Morgan fingerprint density at radius 3 is 2.16 bits per heavy atom. The first kappa shape index (κ1) is 15.8. The third-order valence-corrected chi connectivity index (χ3v) is 3.63. The van der Waals surface area contributed by atoms with E-state index in [0.717, 1.165) is 12.0 Å². The molecule has 104 valence electrons. The van der Waals surface area contributed by atoms with Crippen LogP contribution in [0, 0.1) is 11.3 Å². The first-order valence-corrected chi connectivity index (χ1v) is 7.86. The Balaban J connectivity index is 2.00. The summed E-state index contributed by atoms with van der Waals surface area (Å²) in [4.78, 5) is 0. The highest BCUT2D eigenvalue weighted by atomic mass is 14.2. The van der Waals surface area contributed by atoms with Gasteiger partial charge in [-0.2, -0.15) is 5.26 Å². The summed E-state index contributed by atoms with van der Waals surface area (Å²) in [5.41, 5.74) is 2.09. The first-order chi connectivity index (χ1) is 9.36. The summed E-state index contributed by atoms with van der Waals surface area (Å²) in [5, 5.41) is 8.84. The molecule has 0 saturated carbocycles. The summed E-state index contributed by atoms with van der Waals surface area (Å²) in [5.74, 6) is 0. The van der Waals surface area contributed by atoms with E-state index in [1.807, 2.05) is 18.2 Å². The molecule has 1 rings (SSSR count). The smallest absolute Gasteiger partial charge is 0.0991 e. The number of nitriles is 1. The second-order valence-electron chi connectivity index (χ2n) is 5.39. The second kappa shape index (κ2) is 10.6. The third-order valence-electron chi connectivity index (χ3n) is 3.63. The van der Waals surface area contributed by atoms with Crippen LogP contribution in [0.4, 0.5) is 0 Å². The third kappa shape index (κ3) is 7.67. The highest BCUT2D eigenvalue weighted by molar-refractivity contribution is 5.32. The van der Waals surface area contributed by atoms with Gasteiger partial charge < -0.3 is 0 Å². The number of aryl methyl sites for hydroxylation is 1. The van der Waals surface area contributed by atoms with Gasteiger partial charge in [0, 0.05) is 0 Å². The number of benzene rings is 1. The minimum absolute atomic E-state index is 0.786. The lowest BCUT2D eigenvalue weighted by Gasteiger charge is -2.03. The van der Waals surface area contributed by atoms with Crippen LogP contribution in [0.25, 0.3) is 0 Å². The zero-order valence-electron chi connectivity index (χ0n) is 12.3. The number of hydrogen-bond donors (Lipinski definition) is 0. The van der Waals surface area contributed by atoms with Gasteiger partial charge in [0.1, 0.15) is 0 Å². The van der Waals surface area contributed by atoms with E-state index in [4.69, 9.17) is 5.26 Å². The molecule has 1 nitrogen and oxygen atoms in total. The highest BCUT2D eigenvalue weighted by Crippen LogP contribution is 2.12. The molecule has 0 saturated heterocycles. The van der Waals surface area contributed by atoms with E-state index >= 15 is 0 Å². The van der Waals surface area contributed by atoms with Gasteiger partial charge in [-0.05, 0) is 30.5 Å². The highest BCUT2D eigenvalue weighted by Gasteiger charge is 1.96. The van der Waals surface area contributed by atoms with Crippen LogP contribution >= 0.6 is 0 Å². The summed E-state index contributed by atoms with van der Waals surface area (Å²) in [6.07, 6.45) is 13.4. The summed E-state index contributed by atoms with van der Waals surface area (Å²) in [6, 6.07) is 10.2. The van der Waals surface area contributed by atoms with Crippen LogP contribution < -0.4 is 0 Å². The fraction of sp³-hybridized carbons (Fsp3) is 0.611. The zero-order valence-corrected chi connectivity index (χ0v) is 12.3. The molecule has 0 aliphatic rings. The molecule has 19 heavy (non-hydrogen) atoms. The van der Waals surface area contributed by atoms with E-state index in [2.05, 4.69) is 19.1 Å². The number of hydrogen-bond acceptors (Lipinski definition) is 1. The lowest BCUT2D eigenvalue weighted by atomic mass is 10.0. The summed E-state index contributed by atoms with van der Waals surface area (Å²) in [7, 11) is 0. The minimum Gasteiger partial charge on any atom is -0.192 e. The Hall–Kier alpha value is -1.29. The molecule has 0 heterocycles. The van der Waals surface area contributed by atoms with Crippen LogP contribution in [0.15, 0.2) is 24.3 Å². The molecule has 1 heteroatoms. The van der Waals surface area contributed by atoms with Gasteiger partial charge in [0.2, 0.25) is 0 Å². The van der Waals surface area contributed by atoms with E-state index in [0.29, 0.717) is 0 Å². The lowest BCUT2D eigenvalue weighted by Crippen LogP contribution is -1.87. The molecular weight excluding hydrogens is 230 g/mol. The van der Waals surface area contributed by atoms with Crippen molar-refractivity contribution in [3.8, 4) is 6.07 Å². The molecule has 0 aromatic heterocycles. The maximum absolute atomic E-state index is 8.84. The predicted molar refractivity (Wildman–Crippen MR) is 82.1 cm³/mol. The fourth-order valence-electron chi connectivity index (χ4n) is 2.44. The summed E-state index contributed by atoms with van der Waals surface area (Å²) in [6.45, 7) is 2.27. The quantitative estimate of drug-likeness (QED) is 0.498. The molecule has 1 aromatic carbocycles. The van der Waals surface area contributed by atoms with Crippen LogP contribution in [0.5, 0.6) is 0 Å². The van der Waals surface area contributed by atoms with Crippen molar-refractivity contribution in [1.29, 1.82) is 5.26 Å². The molecule has 0 radical (unpaired) electrons. The van der Waals surface area contributed by atoms with Gasteiger partial charge in [0.05, 0.1) is 11.6 Å². The van der Waals surface area contributed by atoms with Crippen molar-refractivity contribution in [3.05, 3.63) is 35.4 Å². The molecule has 0 N–H and O–H groups in total. The van der Waals surface area contributed by atoms with Gasteiger partial charge in [-0.15, -0.1) is 0 Å². The first-order valence-electron chi connectivity index (χ1n) is 7.86. The maximum atomic E-state index is 8.84. The van der Waals surface area contributed by atoms with Crippen molar-refractivity contribution in [2.24, 2.45) is 0 Å². The SMILES string of the molecule is CCCCCCCCCCCc1cccc(C#N)c1. The van der Waals surface area contributed by atoms with Crippen molar-refractivity contribution in [2.75, 3.05) is 0 Å². The van der Waals surface area contributed by atoms with Gasteiger partial charge in [0.25, 0.3) is 0 Å². The van der Waals surface area contributed by atoms with Gasteiger partial charge in [-0.1, -0.05) is 70.4 Å². The molecule has 0 unspecified atom stereocenters. The maximum Gasteiger partial charge on any atom is 0.0991 e. The second-order valence-corrected chi connectivity index (χ2v) is 5.39. The Kier molecular flexibility index (Phi) is 8.81. The van der Waals surface area contributed by atoms with E-state index in [-0.39, 0.29) is 0 Å². The number of rotatable bonds is 10. The summed E-state index contributed by atoms with van der Waals surface area (Å²) < 4.78 is 0. The average Bonchev–Trinajstić information content (AvgIpc) is 2.46. The Bertz CT molecular complexity index is 376. The molecule has 0 bridgehead atoms. The molecule has 0 atom stereocenters. The molecule has 0 fully saturated rings. The molecule has 0 amide bonds. The monoisotopic (exact) mass is 257 g/mol. The lowest BCUT2D eigenvalue weighted by molar-refractivity contribution is 0.565. The Morgan fingerprint density at radius 2 is 1.53 bits per heavy atom. The van der Waals surface area contributed by atoms with Gasteiger partial charge in [-0.3, -0.25) is 0 Å². The van der Waals surface area contributed by atoms with Crippen molar-refractivity contribution < 1.29 is 0 Å². The van der Waals surface area contributed by atoms with Crippen molar-refractivity contribution in [3.63, 3.8) is 0 Å². The Morgan fingerprint density at radius 1 is 0.895 bits per heavy atom. The molecule has 0 aliphatic heterocycles. The molecule has 0 spiro atoms. The molecule has 1 aromatic rings. The van der Waals surface area contributed by atoms with Crippen molar-refractivity contribution in [2.45, 2.75) is 71.1 Å². The zero-order chi connectivity index (χ0) is 13.8. The largest absolute Gasteiger partial charge is 0.192 e. The topological polar surface area (TPSA) is 23.8 Å². The van der Waals surface area contributed by atoms with Gasteiger partial charge >= 0.3 is 0 Å². The van der Waals surface area contributed by atoms with Crippen LogP contribution in [0.3, 0.4) is 0 Å². The van der Waals surface area contributed by atoms with E-state index in [1.165, 1.54) is 63.4 Å². The van der Waals surface area contributed by atoms with Crippen molar-refractivity contribution in [1.82, 2.24) is 0 Å². The standard InChI is InChI=1S/C18H27N/c1-2-3-4-5-6-7-8-9-10-12-17-13-11-14-18(15-17)16-19/h11,13-15H,2-10,12H2,1H3. The van der Waals surface area contributed by atoms with E-state index in [9.17, 15) is 0 Å². The number of unbranched alkanes of at least 4 members (excludes halogenated alkanes) is 8. The number of nitrogens with zero attached hydrogens (tertiary/aromatic N) is 1. The normalized spacial score (nSPS) is 10.3. The minimum atomic E-state index is 0.786. The molecule has 0 aliphatic carbocycles. The Labute approximate surface area is 118 Å². The van der Waals surface area contributed by atoms with Gasteiger partial charge in [-0.25, -0.2) is 0 Å². The van der Waals surface area contributed by atoms with Crippen LogP contribution in [-0.2, 0) is 6.42 Å². The van der Waals surface area contributed by atoms with Gasteiger partial charge in [0.15, 0.2) is 0 Å². The van der Waals surface area contributed by atoms with E-state index < -0.39 is 0 Å². The van der Waals surface area contributed by atoms with Crippen LogP contribution in [0.2, 0.25) is 0 Å². The predicted octanol–water partition coefficient (Wildman–Crippen LogP) is 5.63. The fourth-order valence-corrected chi connectivity index (χ4v) is 2.44.